The molecule has 1 unspecified atom stereocenters. The first kappa shape index (κ1) is 16.1. The van der Waals surface area contributed by atoms with Crippen LogP contribution in [-0.2, 0) is 5.41 Å². The molecule has 0 radical (unpaired) electrons. The molecule has 0 spiro atoms. The molecule has 5 heteroatoms. The van der Waals surface area contributed by atoms with Crippen LogP contribution in [0.2, 0.25) is 0 Å². The van der Waals surface area contributed by atoms with Gasteiger partial charge >= 0.3 is 0 Å². The summed E-state index contributed by atoms with van der Waals surface area (Å²) in [5.41, 5.74) is -0.0486. The third kappa shape index (κ3) is 5.27. The van der Waals surface area contributed by atoms with Crippen molar-refractivity contribution in [2.24, 2.45) is 0 Å². The topological polar surface area (TPSA) is 49.8 Å². The van der Waals surface area contributed by atoms with E-state index in [1.807, 2.05) is 17.8 Å². The van der Waals surface area contributed by atoms with Gasteiger partial charge in [0.25, 0.3) is 0 Å². The minimum atomic E-state index is -0.0486. The maximum absolute atomic E-state index is 4.62. The van der Waals surface area contributed by atoms with Crippen LogP contribution in [0.5, 0.6) is 0 Å². The Balaban J connectivity index is 2.93. The molecule has 1 heterocycles. The first-order valence-corrected chi connectivity index (χ1v) is 8.05. The second-order valence-electron chi connectivity index (χ2n) is 5.67. The number of aromatic nitrogens is 2. The summed E-state index contributed by atoms with van der Waals surface area (Å²) in [5, 5.41) is 7.23. The van der Waals surface area contributed by atoms with Crippen LogP contribution in [0.4, 0.5) is 11.6 Å². The molecule has 0 aromatic carbocycles. The number of hydrogen-bond acceptors (Lipinski definition) is 5. The van der Waals surface area contributed by atoms with Crippen LogP contribution in [0.25, 0.3) is 0 Å². The van der Waals surface area contributed by atoms with Gasteiger partial charge in [-0.05, 0) is 13.2 Å². The first-order chi connectivity index (χ1) is 8.86. The van der Waals surface area contributed by atoms with Gasteiger partial charge in [0.2, 0.25) is 0 Å². The lowest BCUT2D eigenvalue weighted by molar-refractivity contribution is 0.546. The highest BCUT2D eigenvalue weighted by Gasteiger charge is 2.19. The molecule has 2 N–H and O–H groups in total. The van der Waals surface area contributed by atoms with Gasteiger partial charge in [0.15, 0.2) is 0 Å². The largest absolute Gasteiger partial charge is 0.370 e. The maximum Gasteiger partial charge on any atom is 0.138 e. The summed E-state index contributed by atoms with van der Waals surface area (Å²) in [7, 11) is 0. The van der Waals surface area contributed by atoms with Crippen LogP contribution < -0.4 is 10.6 Å². The van der Waals surface area contributed by atoms with E-state index in [4.69, 9.17) is 0 Å². The van der Waals surface area contributed by atoms with Gasteiger partial charge in [-0.1, -0.05) is 27.7 Å². The molecule has 0 aliphatic rings. The molecule has 0 amide bonds. The molecule has 0 bridgehead atoms. The SMILES string of the molecule is CCNc1cc(NCC(C)SC)nc(C(C)(C)C)n1. The summed E-state index contributed by atoms with van der Waals surface area (Å²) in [6, 6.07) is 1.98. The molecular formula is C14H26N4S. The molecule has 1 atom stereocenters. The van der Waals surface area contributed by atoms with Gasteiger partial charge in [-0.2, -0.15) is 11.8 Å². The Morgan fingerprint density at radius 3 is 2.26 bits per heavy atom. The second kappa shape index (κ2) is 6.98. The highest BCUT2D eigenvalue weighted by atomic mass is 32.2. The van der Waals surface area contributed by atoms with Crippen LogP contribution in [0.1, 0.15) is 40.4 Å². The minimum absolute atomic E-state index is 0.0486. The Bertz CT molecular complexity index is 401. The molecule has 1 aromatic rings. The van der Waals surface area contributed by atoms with Crippen molar-refractivity contribution in [2.75, 3.05) is 30.0 Å². The smallest absolute Gasteiger partial charge is 0.138 e. The summed E-state index contributed by atoms with van der Waals surface area (Å²) in [6.45, 7) is 12.4. The highest BCUT2D eigenvalue weighted by Crippen LogP contribution is 2.22. The van der Waals surface area contributed by atoms with Crippen molar-refractivity contribution < 1.29 is 0 Å². The lowest BCUT2D eigenvalue weighted by Gasteiger charge is -2.19. The van der Waals surface area contributed by atoms with Crippen LogP contribution in [-0.4, -0.2) is 34.6 Å². The van der Waals surface area contributed by atoms with Crippen molar-refractivity contribution in [1.29, 1.82) is 0 Å². The zero-order valence-corrected chi connectivity index (χ0v) is 13.7. The average Bonchev–Trinajstić information content (AvgIpc) is 2.35. The van der Waals surface area contributed by atoms with E-state index >= 15 is 0 Å². The van der Waals surface area contributed by atoms with Crippen LogP contribution >= 0.6 is 11.8 Å². The number of thioether (sulfide) groups is 1. The number of hydrogen-bond donors (Lipinski definition) is 2. The fourth-order valence-corrected chi connectivity index (χ4v) is 1.73. The molecule has 0 fully saturated rings. The Hall–Kier alpha value is -0.970. The summed E-state index contributed by atoms with van der Waals surface area (Å²) in [5.74, 6) is 2.66. The minimum Gasteiger partial charge on any atom is -0.370 e. The summed E-state index contributed by atoms with van der Waals surface area (Å²) in [6.07, 6.45) is 2.12. The number of anilines is 2. The van der Waals surface area contributed by atoms with E-state index in [2.05, 4.69) is 61.5 Å². The Morgan fingerprint density at radius 2 is 1.79 bits per heavy atom. The van der Waals surface area contributed by atoms with Crippen molar-refractivity contribution in [1.82, 2.24) is 9.97 Å². The normalized spacial score (nSPS) is 13.2. The molecule has 0 saturated heterocycles. The monoisotopic (exact) mass is 282 g/mol. The third-order valence-electron chi connectivity index (χ3n) is 2.73. The van der Waals surface area contributed by atoms with Crippen LogP contribution in [0.15, 0.2) is 6.07 Å². The molecule has 0 aliphatic carbocycles. The number of rotatable bonds is 6. The Kier molecular flexibility index (Phi) is 5.91. The van der Waals surface area contributed by atoms with Gasteiger partial charge in [0.05, 0.1) is 0 Å². The first-order valence-electron chi connectivity index (χ1n) is 6.77. The van der Waals surface area contributed by atoms with Gasteiger partial charge in [-0.3, -0.25) is 0 Å². The summed E-state index contributed by atoms with van der Waals surface area (Å²) in [4.78, 5) is 9.20. The van der Waals surface area contributed by atoms with E-state index < -0.39 is 0 Å². The lowest BCUT2D eigenvalue weighted by atomic mass is 9.96. The maximum atomic E-state index is 4.62. The number of nitrogens with zero attached hydrogens (tertiary/aromatic N) is 2. The van der Waals surface area contributed by atoms with Gasteiger partial charge in [0.1, 0.15) is 17.5 Å². The molecule has 1 aromatic heterocycles. The molecule has 19 heavy (non-hydrogen) atoms. The van der Waals surface area contributed by atoms with Crippen molar-refractivity contribution in [2.45, 2.75) is 45.3 Å². The van der Waals surface area contributed by atoms with E-state index in [0.29, 0.717) is 5.25 Å². The van der Waals surface area contributed by atoms with E-state index in [1.165, 1.54) is 0 Å². The van der Waals surface area contributed by atoms with Gasteiger partial charge in [-0.25, -0.2) is 9.97 Å². The van der Waals surface area contributed by atoms with E-state index in [0.717, 1.165) is 30.5 Å². The fourth-order valence-electron chi connectivity index (χ4n) is 1.48. The van der Waals surface area contributed by atoms with Gasteiger partial charge < -0.3 is 10.6 Å². The standard InChI is InChI=1S/C14H26N4S/c1-7-15-11-8-12(16-9-10(2)19-6)18-13(17-11)14(3,4)5/h8,10H,7,9H2,1-6H3,(H2,15,16,17,18). The predicted molar refractivity (Wildman–Crippen MR) is 86.4 cm³/mol. The Morgan fingerprint density at radius 1 is 1.21 bits per heavy atom. The average molecular weight is 282 g/mol. The quantitative estimate of drug-likeness (QED) is 0.838. The van der Waals surface area contributed by atoms with Crippen molar-refractivity contribution in [3.05, 3.63) is 11.9 Å². The third-order valence-corrected chi connectivity index (χ3v) is 3.70. The molecule has 1 rings (SSSR count). The van der Waals surface area contributed by atoms with Gasteiger partial charge in [-0.15, -0.1) is 0 Å². The van der Waals surface area contributed by atoms with Crippen LogP contribution in [0.3, 0.4) is 0 Å². The fraction of sp³-hybridized carbons (Fsp3) is 0.714. The van der Waals surface area contributed by atoms with E-state index in [9.17, 15) is 0 Å². The zero-order chi connectivity index (χ0) is 14.5. The van der Waals surface area contributed by atoms with Gasteiger partial charge in [0, 0.05) is 29.8 Å². The predicted octanol–water partition coefficient (Wildman–Crippen LogP) is 3.37. The summed E-state index contributed by atoms with van der Waals surface area (Å²) < 4.78 is 0. The second-order valence-corrected chi connectivity index (χ2v) is 6.95. The van der Waals surface area contributed by atoms with Crippen molar-refractivity contribution in [3.63, 3.8) is 0 Å². The molecule has 0 aliphatic heterocycles. The van der Waals surface area contributed by atoms with E-state index in [-0.39, 0.29) is 5.41 Å². The Labute approximate surface area is 121 Å². The van der Waals surface area contributed by atoms with Crippen molar-refractivity contribution in [3.8, 4) is 0 Å². The zero-order valence-electron chi connectivity index (χ0n) is 12.9. The molecule has 0 saturated carbocycles. The molecule has 108 valence electrons. The molecule has 4 nitrogen and oxygen atoms in total. The lowest BCUT2D eigenvalue weighted by Crippen LogP contribution is -2.20. The van der Waals surface area contributed by atoms with Crippen molar-refractivity contribution >= 4 is 23.4 Å². The molecular weight excluding hydrogens is 256 g/mol. The summed E-state index contributed by atoms with van der Waals surface area (Å²) >= 11 is 1.85. The van der Waals surface area contributed by atoms with E-state index in [1.54, 1.807) is 0 Å². The highest BCUT2D eigenvalue weighted by molar-refractivity contribution is 7.99. The number of nitrogens with one attached hydrogen (secondary N) is 2. The van der Waals surface area contributed by atoms with Crippen LogP contribution in [0, 0.1) is 0 Å².